The fraction of sp³-hybridized carbons (Fsp3) is 1.00. The molecule has 44 heavy (non-hydrogen) atoms. The Balaban J connectivity index is -0.000000348. The minimum atomic E-state index is -4.49. The van der Waals surface area contributed by atoms with Crippen molar-refractivity contribution in [1.29, 1.82) is 0 Å². The smallest absolute Gasteiger partial charge is 0.726 e. The Labute approximate surface area is 318 Å². The van der Waals surface area contributed by atoms with E-state index in [-0.39, 0.29) is 72.3 Å². The first kappa shape index (κ1) is 52.6. The third-order valence-electron chi connectivity index (χ3n) is 7.45. The van der Waals surface area contributed by atoms with Crippen molar-refractivity contribution in [3.8, 4) is 0 Å². The molecule has 8 nitrogen and oxygen atoms in total. The van der Waals surface area contributed by atoms with Crippen molar-refractivity contribution in [2.45, 2.75) is 194 Å². The maximum Gasteiger partial charge on any atom is 1.00 e. The molecule has 0 radical (unpaired) electrons. The molecule has 0 bridgehead atoms. The molecule has 0 N–H and O–H groups in total. The summed E-state index contributed by atoms with van der Waals surface area (Å²) in [6.45, 7) is 4.56. The zero-order valence-electron chi connectivity index (χ0n) is 29.3. The van der Waals surface area contributed by atoms with Gasteiger partial charge in [-0.05, 0) is 12.8 Å². The zero-order chi connectivity index (χ0) is 31.6. The van der Waals surface area contributed by atoms with Crippen LogP contribution in [-0.2, 0) is 29.2 Å². The number of rotatable bonds is 32. The molecule has 0 aromatic heterocycles. The average Bonchev–Trinajstić information content (AvgIpc) is 2.92. The van der Waals surface area contributed by atoms with Gasteiger partial charge in [0.15, 0.2) is 0 Å². The van der Waals surface area contributed by atoms with Gasteiger partial charge in [-0.1, -0.05) is 181 Å². The second-order valence-corrected chi connectivity index (χ2v) is 13.8. The Hall–Kier alpha value is 1.74. The van der Waals surface area contributed by atoms with E-state index in [0.29, 0.717) is 12.8 Å². The third kappa shape index (κ3) is 56.1. The fourth-order valence-corrected chi connectivity index (χ4v) is 5.56. The predicted octanol–water partition coefficient (Wildman–Crippen LogP) is 3.90. The molecule has 0 aromatic carbocycles. The fourth-order valence-electron chi connectivity index (χ4n) is 4.92. The molecule has 0 atom stereocenters. The van der Waals surface area contributed by atoms with Crippen LogP contribution in [0.3, 0.4) is 0 Å². The molecule has 0 unspecified atom stereocenters. The van der Waals surface area contributed by atoms with E-state index in [2.05, 4.69) is 22.2 Å². The van der Waals surface area contributed by atoms with E-state index in [1.807, 2.05) is 0 Å². The van der Waals surface area contributed by atoms with Crippen LogP contribution in [0.4, 0.5) is 0 Å². The van der Waals surface area contributed by atoms with Gasteiger partial charge in [-0.3, -0.25) is 8.37 Å². The van der Waals surface area contributed by atoms with Gasteiger partial charge in [0.25, 0.3) is 0 Å². The van der Waals surface area contributed by atoms with Crippen LogP contribution >= 0.6 is 0 Å². The van der Waals surface area contributed by atoms with E-state index in [0.717, 1.165) is 25.7 Å². The van der Waals surface area contributed by atoms with Crippen molar-refractivity contribution in [2.75, 3.05) is 13.2 Å². The number of hydrogen-bond acceptors (Lipinski definition) is 8. The van der Waals surface area contributed by atoms with Crippen molar-refractivity contribution >= 4 is 20.8 Å². The molecule has 0 rings (SSSR count). The molecule has 0 aliphatic rings. The van der Waals surface area contributed by atoms with Crippen LogP contribution in [0.25, 0.3) is 0 Å². The van der Waals surface area contributed by atoms with Gasteiger partial charge in [-0.15, -0.1) is 0 Å². The van der Waals surface area contributed by atoms with E-state index in [1.54, 1.807) is 0 Å². The van der Waals surface area contributed by atoms with Crippen LogP contribution in [0.15, 0.2) is 0 Å². The van der Waals surface area contributed by atoms with Crippen molar-refractivity contribution in [3.63, 3.8) is 0 Å². The summed E-state index contributed by atoms with van der Waals surface area (Å²) < 4.78 is 69.4. The minimum absolute atomic E-state index is 0. The van der Waals surface area contributed by atoms with Crippen molar-refractivity contribution in [3.05, 3.63) is 0 Å². The molecule has 0 spiro atoms. The Bertz CT molecular complexity index is 677. The Morgan fingerprint density at radius 3 is 0.659 bits per heavy atom. The SMILES string of the molecule is CCCCCCCCCCCCCCCCOS(=O)(=O)[O-].CCCCCCCCCCCCCCCCOS(=O)(=O)[O-].[Na+].[Na+]. The topological polar surface area (TPSA) is 133 Å². The summed E-state index contributed by atoms with van der Waals surface area (Å²) >= 11 is 0. The quantitative estimate of drug-likeness (QED) is 0.0450. The van der Waals surface area contributed by atoms with E-state index < -0.39 is 20.8 Å². The third-order valence-corrected chi connectivity index (χ3v) is 8.36. The number of hydrogen-bond donors (Lipinski definition) is 0. The van der Waals surface area contributed by atoms with Gasteiger partial charge < -0.3 is 9.11 Å². The summed E-state index contributed by atoms with van der Waals surface area (Å²) in [6.07, 6.45) is 34.8. The molecule has 0 saturated carbocycles. The molecule has 0 aliphatic heterocycles. The van der Waals surface area contributed by atoms with Gasteiger partial charge in [0.1, 0.15) is 0 Å². The van der Waals surface area contributed by atoms with Crippen LogP contribution in [-0.4, -0.2) is 39.2 Å². The Morgan fingerprint density at radius 1 is 0.341 bits per heavy atom. The van der Waals surface area contributed by atoms with E-state index in [4.69, 9.17) is 0 Å². The average molecular weight is 689 g/mol. The molecule has 0 aromatic rings. The second-order valence-electron chi connectivity index (χ2n) is 11.7. The molecule has 12 heteroatoms. The molecule has 0 amide bonds. The van der Waals surface area contributed by atoms with Crippen LogP contribution < -0.4 is 59.1 Å². The van der Waals surface area contributed by atoms with Crippen LogP contribution in [0.1, 0.15) is 194 Å². The van der Waals surface area contributed by atoms with Crippen LogP contribution in [0.5, 0.6) is 0 Å². The maximum absolute atomic E-state index is 10.2. The van der Waals surface area contributed by atoms with Crippen molar-refractivity contribution < 1.29 is 93.4 Å². The van der Waals surface area contributed by atoms with Gasteiger partial charge in [0.2, 0.25) is 20.8 Å². The Kier molecular flexibility index (Phi) is 48.9. The minimum Gasteiger partial charge on any atom is -0.726 e. The van der Waals surface area contributed by atoms with Crippen LogP contribution in [0.2, 0.25) is 0 Å². The monoisotopic (exact) mass is 688 g/mol. The zero-order valence-corrected chi connectivity index (χ0v) is 34.9. The Morgan fingerprint density at radius 2 is 0.500 bits per heavy atom. The van der Waals surface area contributed by atoms with Crippen molar-refractivity contribution in [1.82, 2.24) is 0 Å². The molecule has 256 valence electrons. The summed E-state index contributed by atoms with van der Waals surface area (Å²) in [5, 5.41) is 0. The maximum atomic E-state index is 10.2. The molecular weight excluding hydrogens is 622 g/mol. The molecular formula is C32H66Na2O8S2. The van der Waals surface area contributed by atoms with E-state index in [1.165, 1.54) is 141 Å². The second kappa shape index (κ2) is 40.9. The molecule has 0 fully saturated rings. The summed E-state index contributed by atoms with van der Waals surface area (Å²) in [5.74, 6) is 0. The molecule has 0 saturated heterocycles. The largest absolute Gasteiger partial charge is 1.00 e. The number of unbranched alkanes of at least 4 members (excludes halogenated alkanes) is 26. The first-order valence-electron chi connectivity index (χ1n) is 17.3. The summed E-state index contributed by atoms with van der Waals surface area (Å²) in [4.78, 5) is 0. The van der Waals surface area contributed by atoms with Gasteiger partial charge in [-0.25, -0.2) is 16.8 Å². The van der Waals surface area contributed by atoms with Gasteiger partial charge in [0, 0.05) is 0 Å². The van der Waals surface area contributed by atoms with Crippen LogP contribution in [0, 0.1) is 0 Å². The van der Waals surface area contributed by atoms with E-state index in [9.17, 15) is 25.9 Å². The van der Waals surface area contributed by atoms with E-state index >= 15 is 0 Å². The van der Waals surface area contributed by atoms with Crippen molar-refractivity contribution in [2.24, 2.45) is 0 Å². The summed E-state index contributed by atoms with van der Waals surface area (Å²) in [5.41, 5.74) is 0. The summed E-state index contributed by atoms with van der Waals surface area (Å²) in [7, 11) is -8.98. The van der Waals surface area contributed by atoms with Gasteiger partial charge in [-0.2, -0.15) is 0 Å². The molecule has 0 aliphatic carbocycles. The van der Waals surface area contributed by atoms with Gasteiger partial charge >= 0.3 is 59.1 Å². The first-order chi connectivity index (χ1) is 20.1. The predicted molar refractivity (Wildman–Crippen MR) is 172 cm³/mol. The standard InChI is InChI=1S/2C16H34O4S.2Na/c2*1-2-3-4-5-6-7-8-9-10-11-12-13-14-15-16-20-21(17,18)19;;/h2*2-16H2,1H3,(H,17,18,19);;/q;;2*+1/p-2. The van der Waals surface area contributed by atoms with Gasteiger partial charge in [0.05, 0.1) is 13.2 Å². The first-order valence-corrected chi connectivity index (χ1v) is 20.0. The summed E-state index contributed by atoms with van der Waals surface area (Å²) in [6, 6.07) is 0. The molecule has 0 heterocycles. The normalized spacial score (nSPS) is 11.4.